The predicted octanol–water partition coefficient (Wildman–Crippen LogP) is 1.33. The van der Waals surface area contributed by atoms with E-state index in [2.05, 4.69) is 16.5 Å². The van der Waals surface area contributed by atoms with Crippen LogP contribution in [0.15, 0.2) is 0 Å². The number of aliphatic hydroxyl groups excluding tert-OH is 1. The van der Waals surface area contributed by atoms with Crippen LogP contribution in [0.25, 0.3) is 0 Å². The number of aliphatic hydroxyl groups is 1. The lowest BCUT2D eigenvalue weighted by molar-refractivity contribution is 0.0148. The Morgan fingerprint density at radius 2 is 1.95 bits per heavy atom. The maximum Gasteiger partial charge on any atom is 0.0791 e. The van der Waals surface area contributed by atoms with Crippen molar-refractivity contribution in [1.29, 1.82) is 0 Å². The molecule has 4 nitrogen and oxygen atoms in total. The van der Waals surface area contributed by atoms with Gasteiger partial charge in [0.05, 0.1) is 19.3 Å². The molecule has 0 aromatic rings. The van der Waals surface area contributed by atoms with Crippen molar-refractivity contribution in [3.8, 4) is 0 Å². The van der Waals surface area contributed by atoms with Gasteiger partial charge in [-0.1, -0.05) is 19.3 Å². The Labute approximate surface area is 127 Å². The van der Waals surface area contributed by atoms with Crippen molar-refractivity contribution < 1.29 is 9.84 Å². The Bertz CT molecular complexity index is 267. The molecule has 1 heterocycles. The van der Waals surface area contributed by atoms with Crippen LogP contribution in [0.2, 0.25) is 0 Å². The Morgan fingerprint density at radius 1 is 1.25 bits per heavy atom. The Kier molecular flexibility index (Phi) is 7.11. The molecule has 1 saturated heterocycles. The van der Waals surface area contributed by atoms with Gasteiger partial charge in [0, 0.05) is 37.5 Å². The number of rotatable bonds is 7. The molecule has 1 aliphatic carbocycles. The first-order valence-electron chi connectivity index (χ1n) is 7.98. The minimum Gasteiger partial charge on any atom is -0.390 e. The van der Waals surface area contributed by atoms with Crippen LogP contribution in [0, 0.1) is 0 Å². The van der Waals surface area contributed by atoms with Crippen molar-refractivity contribution in [3.05, 3.63) is 0 Å². The fourth-order valence-electron chi connectivity index (χ4n) is 3.26. The molecule has 0 amide bonds. The number of thioether (sulfide) groups is 1. The molecule has 0 radical (unpaired) electrons. The van der Waals surface area contributed by atoms with Crippen LogP contribution in [0.5, 0.6) is 0 Å². The van der Waals surface area contributed by atoms with Gasteiger partial charge in [0.15, 0.2) is 0 Å². The van der Waals surface area contributed by atoms with Crippen molar-refractivity contribution in [2.24, 2.45) is 0 Å². The second-order valence-corrected chi connectivity index (χ2v) is 7.42. The zero-order valence-corrected chi connectivity index (χ0v) is 13.6. The number of morpholine rings is 1. The highest BCUT2D eigenvalue weighted by Gasteiger charge is 2.30. The second-order valence-electron chi connectivity index (χ2n) is 6.15. The SMILES string of the molecule is CSC1(CNCC(O)CN2CCOCC2)CCCCC1. The first-order chi connectivity index (χ1) is 9.74. The molecule has 1 saturated carbocycles. The summed E-state index contributed by atoms with van der Waals surface area (Å²) in [6, 6.07) is 0. The van der Waals surface area contributed by atoms with E-state index in [4.69, 9.17) is 4.74 Å². The smallest absolute Gasteiger partial charge is 0.0791 e. The molecule has 20 heavy (non-hydrogen) atoms. The van der Waals surface area contributed by atoms with Gasteiger partial charge in [-0.15, -0.1) is 0 Å². The number of hydrogen-bond donors (Lipinski definition) is 2. The van der Waals surface area contributed by atoms with Gasteiger partial charge in [-0.25, -0.2) is 0 Å². The van der Waals surface area contributed by atoms with E-state index in [0.29, 0.717) is 11.3 Å². The van der Waals surface area contributed by atoms with E-state index in [1.54, 1.807) is 0 Å². The van der Waals surface area contributed by atoms with Crippen LogP contribution in [-0.2, 0) is 4.74 Å². The summed E-state index contributed by atoms with van der Waals surface area (Å²) in [6.07, 6.45) is 8.72. The number of ether oxygens (including phenoxy) is 1. The van der Waals surface area contributed by atoms with E-state index < -0.39 is 0 Å². The highest BCUT2D eigenvalue weighted by Crippen LogP contribution is 2.37. The van der Waals surface area contributed by atoms with E-state index in [1.165, 1.54) is 32.1 Å². The molecular weight excluding hydrogens is 272 g/mol. The van der Waals surface area contributed by atoms with Gasteiger partial charge < -0.3 is 15.2 Å². The third kappa shape index (κ3) is 5.19. The van der Waals surface area contributed by atoms with Gasteiger partial charge in [-0.3, -0.25) is 4.90 Å². The van der Waals surface area contributed by atoms with Crippen LogP contribution >= 0.6 is 11.8 Å². The van der Waals surface area contributed by atoms with E-state index in [0.717, 1.165) is 39.4 Å². The molecule has 2 N–H and O–H groups in total. The summed E-state index contributed by atoms with van der Waals surface area (Å²) in [5.41, 5.74) is 0. The molecule has 1 aliphatic heterocycles. The molecule has 118 valence electrons. The number of nitrogens with zero attached hydrogens (tertiary/aromatic N) is 1. The highest BCUT2D eigenvalue weighted by atomic mass is 32.2. The van der Waals surface area contributed by atoms with Crippen molar-refractivity contribution in [2.45, 2.75) is 43.0 Å². The Morgan fingerprint density at radius 3 is 2.60 bits per heavy atom. The lowest BCUT2D eigenvalue weighted by atomic mass is 9.88. The molecule has 2 aliphatic rings. The Balaban J connectivity index is 1.63. The molecule has 0 spiro atoms. The summed E-state index contributed by atoms with van der Waals surface area (Å²) >= 11 is 2.01. The quantitative estimate of drug-likeness (QED) is 0.743. The van der Waals surface area contributed by atoms with Gasteiger partial charge >= 0.3 is 0 Å². The first-order valence-corrected chi connectivity index (χ1v) is 9.21. The van der Waals surface area contributed by atoms with Gasteiger partial charge in [0.1, 0.15) is 0 Å². The second kappa shape index (κ2) is 8.59. The maximum atomic E-state index is 10.1. The number of hydrogen-bond acceptors (Lipinski definition) is 5. The van der Waals surface area contributed by atoms with Crippen LogP contribution < -0.4 is 5.32 Å². The lowest BCUT2D eigenvalue weighted by Gasteiger charge is -2.36. The third-order valence-corrected chi connectivity index (χ3v) is 6.02. The predicted molar refractivity (Wildman–Crippen MR) is 85.5 cm³/mol. The van der Waals surface area contributed by atoms with Gasteiger partial charge in [0.25, 0.3) is 0 Å². The average molecular weight is 302 g/mol. The van der Waals surface area contributed by atoms with Crippen molar-refractivity contribution in [3.63, 3.8) is 0 Å². The van der Waals surface area contributed by atoms with Crippen LogP contribution in [-0.4, -0.2) is 73.1 Å². The molecule has 0 aromatic heterocycles. The van der Waals surface area contributed by atoms with Gasteiger partial charge in [-0.2, -0.15) is 11.8 Å². The molecule has 5 heteroatoms. The molecule has 1 atom stereocenters. The fraction of sp³-hybridized carbons (Fsp3) is 1.00. The van der Waals surface area contributed by atoms with E-state index in [9.17, 15) is 5.11 Å². The maximum absolute atomic E-state index is 10.1. The number of nitrogens with one attached hydrogen (secondary N) is 1. The third-order valence-electron chi connectivity index (χ3n) is 4.60. The first kappa shape index (κ1) is 16.6. The topological polar surface area (TPSA) is 44.7 Å². The van der Waals surface area contributed by atoms with Crippen molar-refractivity contribution in [1.82, 2.24) is 10.2 Å². The van der Waals surface area contributed by atoms with E-state index >= 15 is 0 Å². The summed E-state index contributed by atoms with van der Waals surface area (Å²) in [5.74, 6) is 0. The van der Waals surface area contributed by atoms with Crippen molar-refractivity contribution >= 4 is 11.8 Å². The monoisotopic (exact) mass is 302 g/mol. The highest BCUT2D eigenvalue weighted by molar-refractivity contribution is 8.00. The van der Waals surface area contributed by atoms with Gasteiger partial charge in [-0.05, 0) is 19.1 Å². The summed E-state index contributed by atoms with van der Waals surface area (Å²) in [4.78, 5) is 2.29. The van der Waals surface area contributed by atoms with Crippen LogP contribution in [0.4, 0.5) is 0 Å². The molecule has 2 fully saturated rings. The molecule has 1 unspecified atom stereocenters. The zero-order chi connectivity index (χ0) is 14.3. The lowest BCUT2D eigenvalue weighted by Crippen LogP contribution is -2.46. The fourth-order valence-corrected chi connectivity index (χ4v) is 4.21. The minimum atomic E-state index is -0.268. The molecule has 0 aromatic carbocycles. The largest absolute Gasteiger partial charge is 0.390 e. The summed E-state index contributed by atoms with van der Waals surface area (Å²) < 4.78 is 5.74. The average Bonchev–Trinajstić information content (AvgIpc) is 2.49. The van der Waals surface area contributed by atoms with Gasteiger partial charge in [0.2, 0.25) is 0 Å². The molecule has 0 bridgehead atoms. The van der Waals surface area contributed by atoms with Crippen molar-refractivity contribution in [2.75, 3.05) is 52.2 Å². The summed E-state index contributed by atoms with van der Waals surface area (Å²) in [5, 5.41) is 13.6. The standard InChI is InChI=1S/C15H30N2O2S/c1-20-15(5-3-2-4-6-15)13-16-11-14(18)12-17-7-9-19-10-8-17/h14,16,18H,2-13H2,1H3. The summed E-state index contributed by atoms with van der Waals surface area (Å²) in [6.45, 7) is 6.01. The molecule has 2 rings (SSSR count). The van der Waals surface area contributed by atoms with E-state index in [-0.39, 0.29) is 6.10 Å². The van der Waals surface area contributed by atoms with E-state index in [1.807, 2.05) is 11.8 Å². The van der Waals surface area contributed by atoms with Crippen LogP contribution in [0.1, 0.15) is 32.1 Å². The zero-order valence-electron chi connectivity index (χ0n) is 12.8. The minimum absolute atomic E-state index is 0.268. The summed E-state index contributed by atoms with van der Waals surface area (Å²) in [7, 11) is 0. The normalized spacial score (nSPS) is 25.5. The molecular formula is C15H30N2O2S. The van der Waals surface area contributed by atoms with Crippen LogP contribution in [0.3, 0.4) is 0 Å². The Hall–Kier alpha value is 0.190. The number of β-amino-alcohol motifs (C(OH)–C–C–N with tert-alkyl or cyclic N) is 1.